The van der Waals surface area contributed by atoms with Gasteiger partial charge in [0.05, 0.1) is 0 Å². The molecule has 0 aliphatic heterocycles. The Balaban J connectivity index is 2.89. The first-order valence-corrected chi connectivity index (χ1v) is 5.32. The van der Waals surface area contributed by atoms with Gasteiger partial charge in [0.2, 0.25) is 0 Å². The largest absolute Gasteiger partial charge is 0.298 e. The van der Waals surface area contributed by atoms with Crippen LogP contribution in [0.15, 0.2) is 12.1 Å². The minimum Gasteiger partial charge on any atom is -0.298 e. The zero-order valence-corrected chi connectivity index (χ0v) is 9.91. The molecule has 13 heavy (non-hydrogen) atoms. The zero-order chi connectivity index (χ0) is 9.84. The maximum atomic E-state index is 10.5. The highest BCUT2D eigenvalue weighted by Gasteiger charge is 2.03. The summed E-state index contributed by atoms with van der Waals surface area (Å²) in [5.41, 5.74) is 1.73. The molecule has 0 radical (unpaired) electrons. The van der Waals surface area contributed by atoms with E-state index in [2.05, 4.69) is 41.4 Å². The molecule has 2 nitrogen and oxygen atoms in total. The van der Waals surface area contributed by atoms with Crippen molar-refractivity contribution < 1.29 is 4.79 Å². The van der Waals surface area contributed by atoms with Crippen LogP contribution in [0.4, 0.5) is 0 Å². The summed E-state index contributed by atoms with van der Waals surface area (Å²) >= 11 is 2.09. The fourth-order valence-electron chi connectivity index (χ4n) is 1.10. The Labute approximate surface area is 91.9 Å². The van der Waals surface area contributed by atoms with Crippen LogP contribution in [-0.2, 0) is 6.42 Å². The van der Waals surface area contributed by atoms with Crippen molar-refractivity contribution in [3.05, 3.63) is 27.1 Å². The van der Waals surface area contributed by atoms with Crippen LogP contribution in [0.5, 0.6) is 0 Å². The maximum Gasteiger partial charge on any atom is 0.152 e. The first-order valence-electron chi connectivity index (χ1n) is 4.24. The van der Waals surface area contributed by atoms with Gasteiger partial charge in [-0.15, -0.1) is 0 Å². The van der Waals surface area contributed by atoms with Crippen LogP contribution in [0.2, 0.25) is 0 Å². The van der Waals surface area contributed by atoms with E-state index in [0.29, 0.717) is 11.5 Å². The van der Waals surface area contributed by atoms with Crippen molar-refractivity contribution in [1.29, 1.82) is 0 Å². The highest BCUT2D eigenvalue weighted by atomic mass is 127. The number of carbonyl (C=O) groups is 1. The third-order valence-electron chi connectivity index (χ3n) is 1.68. The fraction of sp³-hybridized carbons (Fsp3) is 0.400. The smallest absolute Gasteiger partial charge is 0.152 e. The van der Waals surface area contributed by atoms with E-state index in [9.17, 15) is 4.79 Å². The molecule has 0 amide bonds. The molecule has 1 heterocycles. The lowest BCUT2D eigenvalue weighted by Crippen LogP contribution is -2.00. The Morgan fingerprint density at radius 2 is 2.23 bits per heavy atom. The number of nitrogens with zero attached hydrogens (tertiary/aromatic N) is 1. The number of hydrogen-bond acceptors (Lipinski definition) is 2. The molecule has 1 aromatic heterocycles. The summed E-state index contributed by atoms with van der Waals surface area (Å²) in [4.78, 5) is 14.9. The van der Waals surface area contributed by atoms with Gasteiger partial charge in [0, 0.05) is 11.3 Å². The van der Waals surface area contributed by atoms with E-state index >= 15 is 0 Å². The molecule has 0 fully saturated rings. The Morgan fingerprint density at radius 1 is 1.54 bits per heavy atom. The van der Waals surface area contributed by atoms with Crippen LogP contribution >= 0.6 is 22.6 Å². The predicted molar refractivity (Wildman–Crippen MR) is 60.9 cm³/mol. The summed E-state index contributed by atoms with van der Waals surface area (Å²) in [7, 11) is 0. The Kier molecular flexibility index (Phi) is 3.84. The number of rotatable bonds is 3. The Morgan fingerprint density at radius 3 is 2.69 bits per heavy atom. The topological polar surface area (TPSA) is 30.0 Å². The average molecular weight is 289 g/mol. The number of aromatic nitrogens is 1. The number of pyridine rings is 1. The second-order valence-electron chi connectivity index (χ2n) is 3.40. The molecular weight excluding hydrogens is 277 g/mol. The van der Waals surface area contributed by atoms with E-state index in [1.54, 1.807) is 0 Å². The third-order valence-corrected chi connectivity index (χ3v) is 2.54. The first kappa shape index (κ1) is 10.6. The molecule has 1 aromatic rings. The molecule has 0 N–H and O–H groups in total. The Bertz CT molecular complexity index is 310. The minimum atomic E-state index is 0.602. The van der Waals surface area contributed by atoms with Gasteiger partial charge in [0.25, 0.3) is 0 Å². The molecule has 0 aliphatic carbocycles. The maximum absolute atomic E-state index is 10.5. The first-order chi connectivity index (χ1) is 6.13. The van der Waals surface area contributed by atoms with E-state index in [1.807, 2.05) is 12.1 Å². The van der Waals surface area contributed by atoms with Crippen LogP contribution in [0, 0.1) is 9.62 Å². The summed E-state index contributed by atoms with van der Waals surface area (Å²) in [6, 6.07) is 3.76. The van der Waals surface area contributed by atoms with E-state index in [0.717, 1.165) is 22.1 Å². The van der Waals surface area contributed by atoms with Crippen LogP contribution in [0.3, 0.4) is 0 Å². The highest BCUT2D eigenvalue weighted by Crippen LogP contribution is 2.11. The van der Waals surface area contributed by atoms with Crippen molar-refractivity contribution in [2.75, 3.05) is 0 Å². The monoisotopic (exact) mass is 289 g/mol. The van der Waals surface area contributed by atoms with Crippen molar-refractivity contribution in [1.82, 2.24) is 4.98 Å². The van der Waals surface area contributed by atoms with Gasteiger partial charge in [-0.3, -0.25) is 4.79 Å². The van der Waals surface area contributed by atoms with Crippen LogP contribution in [0.1, 0.15) is 29.9 Å². The SMILES string of the molecule is CC(C)Cc1ccc(C=O)c(I)n1. The second-order valence-corrected chi connectivity index (χ2v) is 4.42. The summed E-state index contributed by atoms with van der Waals surface area (Å²) in [5, 5.41) is 0. The predicted octanol–water partition coefficient (Wildman–Crippen LogP) is 2.70. The van der Waals surface area contributed by atoms with Crippen molar-refractivity contribution in [3.63, 3.8) is 0 Å². The van der Waals surface area contributed by atoms with E-state index in [4.69, 9.17) is 0 Å². The average Bonchev–Trinajstić information content (AvgIpc) is 2.03. The van der Waals surface area contributed by atoms with Gasteiger partial charge in [0.1, 0.15) is 3.70 Å². The summed E-state index contributed by atoms with van der Waals surface area (Å²) in [6.07, 6.45) is 1.81. The van der Waals surface area contributed by atoms with Crippen molar-refractivity contribution in [2.45, 2.75) is 20.3 Å². The number of halogens is 1. The van der Waals surface area contributed by atoms with Gasteiger partial charge in [-0.25, -0.2) is 4.98 Å². The van der Waals surface area contributed by atoms with Crippen molar-refractivity contribution in [2.24, 2.45) is 5.92 Å². The summed E-state index contributed by atoms with van der Waals surface area (Å²) < 4.78 is 0.797. The Hall–Kier alpha value is -0.450. The molecular formula is C10H12INO. The van der Waals surface area contributed by atoms with Crippen molar-refractivity contribution >= 4 is 28.9 Å². The molecule has 0 saturated carbocycles. The molecule has 0 aliphatic rings. The van der Waals surface area contributed by atoms with Gasteiger partial charge in [-0.05, 0) is 47.1 Å². The van der Waals surface area contributed by atoms with Gasteiger partial charge in [-0.2, -0.15) is 0 Å². The van der Waals surface area contributed by atoms with E-state index in [-0.39, 0.29) is 0 Å². The van der Waals surface area contributed by atoms with E-state index < -0.39 is 0 Å². The summed E-state index contributed by atoms with van der Waals surface area (Å²) in [5.74, 6) is 0.602. The molecule has 70 valence electrons. The molecule has 0 bridgehead atoms. The zero-order valence-electron chi connectivity index (χ0n) is 7.75. The molecule has 0 aromatic carbocycles. The van der Waals surface area contributed by atoms with Gasteiger partial charge in [-0.1, -0.05) is 13.8 Å². The molecule has 3 heteroatoms. The standard InChI is InChI=1S/C10H12INO/c1-7(2)5-9-4-3-8(6-13)10(11)12-9/h3-4,6-7H,5H2,1-2H3. The van der Waals surface area contributed by atoms with Crippen molar-refractivity contribution in [3.8, 4) is 0 Å². The minimum absolute atomic E-state index is 0.602. The molecule has 1 rings (SSSR count). The molecule has 0 saturated heterocycles. The lowest BCUT2D eigenvalue weighted by molar-refractivity contribution is 0.112. The van der Waals surface area contributed by atoms with Gasteiger partial charge < -0.3 is 0 Å². The van der Waals surface area contributed by atoms with Gasteiger partial charge in [0.15, 0.2) is 6.29 Å². The summed E-state index contributed by atoms with van der Waals surface area (Å²) in [6.45, 7) is 4.31. The molecule has 0 unspecified atom stereocenters. The second kappa shape index (κ2) is 4.69. The van der Waals surface area contributed by atoms with E-state index in [1.165, 1.54) is 0 Å². The quantitative estimate of drug-likeness (QED) is 0.486. The number of carbonyl (C=O) groups excluding carboxylic acids is 1. The highest BCUT2D eigenvalue weighted by molar-refractivity contribution is 14.1. The molecule has 0 spiro atoms. The van der Waals surface area contributed by atoms with Crippen LogP contribution in [0.25, 0.3) is 0 Å². The lowest BCUT2D eigenvalue weighted by Gasteiger charge is -2.04. The normalized spacial score (nSPS) is 10.5. The fourth-order valence-corrected chi connectivity index (χ4v) is 1.72. The van der Waals surface area contributed by atoms with Crippen LogP contribution in [-0.4, -0.2) is 11.3 Å². The lowest BCUT2D eigenvalue weighted by atomic mass is 10.1. The number of aldehydes is 1. The third kappa shape index (κ3) is 3.06. The molecule has 0 atom stereocenters. The van der Waals surface area contributed by atoms with Gasteiger partial charge >= 0.3 is 0 Å². The van der Waals surface area contributed by atoms with Crippen LogP contribution < -0.4 is 0 Å². The number of hydrogen-bond donors (Lipinski definition) is 0.